The molecule has 0 bridgehead atoms. The first-order chi connectivity index (χ1) is 12.5. The Kier molecular flexibility index (Phi) is 7.04. The van der Waals surface area contributed by atoms with Gasteiger partial charge in [-0.1, -0.05) is 12.1 Å². The number of Topliss-reactive ketones (excluding diaryl/α,β-unsaturated/α-hetero) is 1. The summed E-state index contributed by atoms with van der Waals surface area (Å²) in [6, 6.07) is 9.82. The van der Waals surface area contributed by atoms with Crippen molar-refractivity contribution >= 4 is 40.6 Å². The summed E-state index contributed by atoms with van der Waals surface area (Å²) >= 11 is 1.31. The number of anilines is 1. The number of carbonyl (C=O) groups is 4. The summed E-state index contributed by atoms with van der Waals surface area (Å²) in [7, 11) is 1.51. The Morgan fingerprint density at radius 2 is 1.88 bits per heavy atom. The highest BCUT2D eigenvalue weighted by Crippen LogP contribution is 2.13. The van der Waals surface area contributed by atoms with Crippen LogP contribution in [0, 0.1) is 0 Å². The number of ether oxygens (including phenoxy) is 1. The van der Waals surface area contributed by atoms with E-state index in [0.29, 0.717) is 16.1 Å². The predicted octanol–water partition coefficient (Wildman–Crippen LogP) is 2.25. The highest BCUT2D eigenvalue weighted by molar-refractivity contribution is 7.12. The summed E-state index contributed by atoms with van der Waals surface area (Å²) in [6.07, 6.45) is -0.0503. The van der Waals surface area contributed by atoms with E-state index in [-0.39, 0.29) is 24.5 Å². The normalized spacial score (nSPS) is 10.0. The third-order valence-corrected chi connectivity index (χ3v) is 4.26. The van der Waals surface area contributed by atoms with Crippen LogP contribution in [-0.4, -0.2) is 37.2 Å². The number of hydrogen-bond donors (Lipinski definition) is 2. The smallest absolute Gasteiger partial charge is 0.306 e. The molecule has 1 aromatic carbocycles. The quantitative estimate of drug-likeness (QED) is 0.545. The van der Waals surface area contributed by atoms with Gasteiger partial charge in [-0.2, -0.15) is 0 Å². The first-order valence-electron chi connectivity index (χ1n) is 7.84. The zero-order valence-corrected chi connectivity index (χ0v) is 14.9. The molecule has 2 aromatic rings. The maximum absolute atomic E-state index is 11.8. The fourth-order valence-corrected chi connectivity index (χ4v) is 2.77. The first-order valence-corrected chi connectivity index (χ1v) is 8.72. The minimum absolute atomic E-state index is 0.0368. The van der Waals surface area contributed by atoms with E-state index in [2.05, 4.69) is 10.6 Å². The zero-order valence-electron chi connectivity index (χ0n) is 14.1. The molecular formula is C18H18N2O5S. The Morgan fingerprint density at radius 1 is 1.08 bits per heavy atom. The van der Waals surface area contributed by atoms with Crippen molar-refractivity contribution in [1.29, 1.82) is 0 Å². The molecule has 7 nitrogen and oxygen atoms in total. The van der Waals surface area contributed by atoms with Crippen molar-refractivity contribution in [1.82, 2.24) is 5.32 Å². The maximum atomic E-state index is 11.8. The molecule has 2 rings (SSSR count). The molecule has 26 heavy (non-hydrogen) atoms. The Balaban J connectivity index is 1.75. The number of hydrogen-bond acceptors (Lipinski definition) is 6. The molecule has 2 N–H and O–H groups in total. The zero-order chi connectivity index (χ0) is 18.9. The summed E-state index contributed by atoms with van der Waals surface area (Å²) in [6.45, 7) is -0.462. The predicted molar refractivity (Wildman–Crippen MR) is 97.3 cm³/mol. The summed E-state index contributed by atoms with van der Waals surface area (Å²) < 4.78 is 4.86. The lowest BCUT2D eigenvalue weighted by Crippen LogP contribution is -2.22. The Labute approximate surface area is 154 Å². The van der Waals surface area contributed by atoms with Crippen LogP contribution in [-0.2, 0) is 14.3 Å². The summed E-state index contributed by atoms with van der Waals surface area (Å²) in [5, 5.41) is 6.82. The second kappa shape index (κ2) is 9.47. The summed E-state index contributed by atoms with van der Waals surface area (Å²) in [5.74, 6) is -1.56. The number of ketones is 1. The standard InChI is InChI=1S/C18H18N2O5S/c1-19-18(24)12-4-2-5-13(10-12)20-16(22)11-25-17(23)8-7-14(21)15-6-3-9-26-15/h2-6,9-10H,7-8,11H2,1H3,(H,19,24)(H,20,22). The van der Waals surface area contributed by atoms with Gasteiger partial charge in [-0.25, -0.2) is 0 Å². The molecular weight excluding hydrogens is 356 g/mol. The molecule has 0 spiro atoms. The number of carbonyl (C=O) groups excluding carboxylic acids is 4. The SMILES string of the molecule is CNC(=O)c1cccc(NC(=O)COC(=O)CCC(=O)c2cccs2)c1. The fraction of sp³-hybridized carbons (Fsp3) is 0.222. The van der Waals surface area contributed by atoms with Gasteiger partial charge in [0.2, 0.25) is 0 Å². The first kappa shape index (κ1) is 19.3. The van der Waals surface area contributed by atoms with Gasteiger partial charge in [-0.3, -0.25) is 19.2 Å². The maximum Gasteiger partial charge on any atom is 0.306 e. The van der Waals surface area contributed by atoms with Gasteiger partial charge >= 0.3 is 5.97 Å². The van der Waals surface area contributed by atoms with E-state index >= 15 is 0 Å². The number of nitrogens with one attached hydrogen (secondary N) is 2. The van der Waals surface area contributed by atoms with Crippen LogP contribution < -0.4 is 10.6 Å². The topological polar surface area (TPSA) is 102 Å². The second-order valence-corrected chi connectivity index (χ2v) is 6.22. The van der Waals surface area contributed by atoms with Crippen molar-refractivity contribution < 1.29 is 23.9 Å². The van der Waals surface area contributed by atoms with Crippen LogP contribution in [0.2, 0.25) is 0 Å². The Bertz CT molecular complexity index is 802. The Morgan fingerprint density at radius 3 is 2.58 bits per heavy atom. The van der Waals surface area contributed by atoms with Crippen molar-refractivity contribution in [3.63, 3.8) is 0 Å². The van der Waals surface area contributed by atoms with Crippen LogP contribution >= 0.6 is 11.3 Å². The molecule has 0 radical (unpaired) electrons. The summed E-state index contributed by atoms with van der Waals surface area (Å²) in [4.78, 5) is 47.4. The highest BCUT2D eigenvalue weighted by atomic mass is 32.1. The van der Waals surface area contributed by atoms with Crippen LogP contribution in [0.5, 0.6) is 0 Å². The van der Waals surface area contributed by atoms with Crippen molar-refractivity contribution in [3.05, 3.63) is 52.2 Å². The lowest BCUT2D eigenvalue weighted by atomic mass is 10.2. The lowest BCUT2D eigenvalue weighted by Gasteiger charge is -2.08. The van der Waals surface area contributed by atoms with Gasteiger partial charge in [-0.15, -0.1) is 11.3 Å². The van der Waals surface area contributed by atoms with E-state index in [0.717, 1.165) is 0 Å². The Hall–Kier alpha value is -3.00. The number of esters is 1. The van der Waals surface area contributed by atoms with Crippen molar-refractivity contribution in [3.8, 4) is 0 Å². The van der Waals surface area contributed by atoms with Gasteiger partial charge in [-0.05, 0) is 29.6 Å². The molecule has 0 saturated heterocycles. The number of benzene rings is 1. The second-order valence-electron chi connectivity index (χ2n) is 5.27. The lowest BCUT2D eigenvalue weighted by molar-refractivity contribution is -0.147. The van der Waals surface area contributed by atoms with E-state index in [1.165, 1.54) is 24.5 Å². The van der Waals surface area contributed by atoms with Crippen LogP contribution in [0.1, 0.15) is 32.9 Å². The molecule has 1 heterocycles. The largest absolute Gasteiger partial charge is 0.456 e. The average Bonchev–Trinajstić information content (AvgIpc) is 3.18. The molecule has 0 aliphatic heterocycles. The molecule has 8 heteroatoms. The van der Waals surface area contributed by atoms with Gasteiger partial charge in [0.15, 0.2) is 12.4 Å². The van der Waals surface area contributed by atoms with Crippen LogP contribution in [0.25, 0.3) is 0 Å². The third kappa shape index (κ3) is 5.82. The molecule has 136 valence electrons. The third-order valence-electron chi connectivity index (χ3n) is 3.35. The fourth-order valence-electron chi connectivity index (χ4n) is 2.07. The van der Waals surface area contributed by atoms with E-state index in [1.54, 1.807) is 35.7 Å². The van der Waals surface area contributed by atoms with E-state index in [9.17, 15) is 19.2 Å². The summed E-state index contributed by atoms with van der Waals surface area (Å²) in [5.41, 5.74) is 0.814. The number of thiophene rings is 1. The van der Waals surface area contributed by atoms with E-state index < -0.39 is 18.5 Å². The highest BCUT2D eigenvalue weighted by Gasteiger charge is 2.13. The molecule has 0 atom stereocenters. The van der Waals surface area contributed by atoms with Crippen LogP contribution in [0.15, 0.2) is 41.8 Å². The van der Waals surface area contributed by atoms with Gasteiger partial charge in [0, 0.05) is 24.7 Å². The minimum atomic E-state index is -0.621. The molecule has 0 fully saturated rings. The molecule has 0 aliphatic carbocycles. The van der Waals surface area contributed by atoms with Crippen molar-refractivity contribution in [2.24, 2.45) is 0 Å². The van der Waals surface area contributed by atoms with Crippen LogP contribution in [0.4, 0.5) is 5.69 Å². The molecule has 0 aliphatic rings. The number of amides is 2. The van der Waals surface area contributed by atoms with E-state index in [4.69, 9.17) is 4.74 Å². The van der Waals surface area contributed by atoms with Gasteiger partial charge in [0.25, 0.3) is 11.8 Å². The number of rotatable bonds is 8. The van der Waals surface area contributed by atoms with Crippen molar-refractivity contribution in [2.75, 3.05) is 19.0 Å². The monoisotopic (exact) mass is 374 g/mol. The van der Waals surface area contributed by atoms with Gasteiger partial charge in [0.1, 0.15) is 0 Å². The molecule has 0 unspecified atom stereocenters. The average molecular weight is 374 g/mol. The van der Waals surface area contributed by atoms with Gasteiger partial charge < -0.3 is 15.4 Å². The van der Waals surface area contributed by atoms with Crippen LogP contribution in [0.3, 0.4) is 0 Å². The van der Waals surface area contributed by atoms with Gasteiger partial charge in [0.05, 0.1) is 11.3 Å². The minimum Gasteiger partial charge on any atom is -0.456 e. The molecule has 1 aromatic heterocycles. The van der Waals surface area contributed by atoms with E-state index in [1.807, 2.05) is 0 Å². The van der Waals surface area contributed by atoms with Crippen molar-refractivity contribution in [2.45, 2.75) is 12.8 Å². The molecule has 0 saturated carbocycles. The molecule has 2 amide bonds.